The third-order valence-electron chi connectivity index (χ3n) is 3.53. The van der Waals surface area contributed by atoms with Gasteiger partial charge >= 0.3 is 6.18 Å². The molecule has 1 N–H and O–H groups in total. The van der Waals surface area contributed by atoms with E-state index < -0.39 is 12.1 Å². The minimum atomic E-state index is -4.02. The van der Waals surface area contributed by atoms with Crippen molar-refractivity contribution in [2.45, 2.75) is 51.3 Å². The number of piperidine rings is 1. The molecule has 1 aliphatic heterocycles. The average Bonchev–Trinajstić information content (AvgIpc) is 2.28. The lowest BCUT2D eigenvalue weighted by molar-refractivity contribution is -0.185. The Hall–Kier alpha value is -0.290. The molecule has 0 amide bonds. The number of hydrogen-bond acceptors (Lipinski definition) is 2. The van der Waals surface area contributed by atoms with E-state index in [4.69, 9.17) is 0 Å². The molecule has 1 fully saturated rings. The first kappa shape index (κ1) is 14.8. The second-order valence-corrected chi connectivity index (χ2v) is 4.86. The van der Waals surface area contributed by atoms with Crippen LogP contribution in [0.25, 0.3) is 0 Å². The molecule has 0 bridgehead atoms. The molecule has 0 radical (unpaired) electrons. The zero-order valence-electron chi connectivity index (χ0n) is 10.3. The van der Waals surface area contributed by atoms with Crippen LogP contribution >= 0.6 is 0 Å². The van der Waals surface area contributed by atoms with Crippen LogP contribution in [0.4, 0.5) is 13.2 Å². The van der Waals surface area contributed by atoms with E-state index in [0.717, 1.165) is 25.8 Å². The fourth-order valence-electron chi connectivity index (χ4n) is 2.24. The maximum Gasteiger partial charge on any atom is 0.391 e. The number of aliphatic hydroxyl groups excluding tert-OH is 1. The monoisotopic (exact) mass is 253 g/mol. The van der Waals surface area contributed by atoms with Gasteiger partial charge in [0.1, 0.15) is 0 Å². The first-order valence-corrected chi connectivity index (χ1v) is 6.40. The van der Waals surface area contributed by atoms with Crippen LogP contribution in [-0.2, 0) is 0 Å². The standard InChI is InChI=1S/C12H22F3NO/c1-2-11(17)4-3-7-16-8-5-10(6-9-16)12(13,14)15/h10-11,17H,2-9H2,1H3. The van der Waals surface area contributed by atoms with Gasteiger partial charge < -0.3 is 10.0 Å². The molecule has 0 aromatic heterocycles. The van der Waals surface area contributed by atoms with Crippen molar-refractivity contribution in [2.24, 2.45) is 5.92 Å². The minimum Gasteiger partial charge on any atom is -0.393 e. The summed E-state index contributed by atoms with van der Waals surface area (Å²) in [5.41, 5.74) is 0. The van der Waals surface area contributed by atoms with Crippen molar-refractivity contribution >= 4 is 0 Å². The smallest absolute Gasteiger partial charge is 0.391 e. The van der Waals surface area contributed by atoms with Gasteiger partial charge in [-0.2, -0.15) is 13.2 Å². The minimum absolute atomic E-state index is 0.222. The van der Waals surface area contributed by atoms with Crippen molar-refractivity contribution in [3.8, 4) is 0 Å². The lowest BCUT2D eigenvalue weighted by Crippen LogP contribution is -2.39. The zero-order valence-corrected chi connectivity index (χ0v) is 10.3. The molecule has 0 aromatic carbocycles. The van der Waals surface area contributed by atoms with E-state index in [2.05, 4.69) is 4.90 Å². The zero-order chi connectivity index (χ0) is 12.9. The highest BCUT2D eigenvalue weighted by Crippen LogP contribution is 2.34. The molecule has 0 saturated carbocycles. The summed E-state index contributed by atoms with van der Waals surface area (Å²) < 4.78 is 37.3. The molecule has 17 heavy (non-hydrogen) atoms. The summed E-state index contributed by atoms with van der Waals surface area (Å²) in [6, 6.07) is 0. The lowest BCUT2D eigenvalue weighted by atomic mass is 9.96. The highest BCUT2D eigenvalue weighted by atomic mass is 19.4. The Morgan fingerprint density at radius 2 is 1.88 bits per heavy atom. The first-order valence-electron chi connectivity index (χ1n) is 6.40. The fraction of sp³-hybridized carbons (Fsp3) is 1.00. The Balaban J connectivity index is 2.15. The molecular formula is C12H22F3NO. The first-order chi connectivity index (χ1) is 7.93. The predicted octanol–water partition coefficient (Wildman–Crippen LogP) is 2.81. The van der Waals surface area contributed by atoms with Crippen LogP contribution in [0.2, 0.25) is 0 Å². The van der Waals surface area contributed by atoms with Crippen LogP contribution < -0.4 is 0 Å². The van der Waals surface area contributed by atoms with E-state index in [9.17, 15) is 18.3 Å². The van der Waals surface area contributed by atoms with Crippen LogP contribution in [0.5, 0.6) is 0 Å². The molecule has 1 saturated heterocycles. The summed E-state index contributed by atoms with van der Waals surface area (Å²) in [5, 5.41) is 9.37. The Labute approximate surface area is 101 Å². The van der Waals surface area contributed by atoms with E-state index in [1.54, 1.807) is 0 Å². The van der Waals surface area contributed by atoms with Gasteiger partial charge in [-0.1, -0.05) is 6.92 Å². The summed E-state index contributed by atoms with van der Waals surface area (Å²) in [4.78, 5) is 2.07. The van der Waals surface area contributed by atoms with Gasteiger partial charge in [-0.05, 0) is 51.7 Å². The quantitative estimate of drug-likeness (QED) is 0.814. The van der Waals surface area contributed by atoms with Gasteiger partial charge in [0.25, 0.3) is 0 Å². The van der Waals surface area contributed by atoms with Crippen LogP contribution in [0, 0.1) is 5.92 Å². The molecular weight excluding hydrogens is 231 g/mol. The third kappa shape index (κ3) is 5.25. The fourth-order valence-corrected chi connectivity index (χ4v) is 2.24. The van der Waals surface area contributed by atoms with E-state index >= 15 is 0 Å². The molecule has 5 heteroatoms. The second-order valence-electron chi connectivity index (χ2n) is 4.86. The van der Waals surface area contributed by atoms with Crippen molar-refractivity contribution < 1.29 is 18.3 Å². The van der Waals surface area contributed by atoms with Gasteiger partial charge in [0, 0.05) is 0 Å². The maximum atomic E-state index is 12.4. The van der Waals surface area contributed by atoms with Crippen molar-refractivity contribution in [3.63, 3.8) is 0 Å². The molecule has 0 spiro atoms. The van der Waals surface area contributed by atoms with Crippen LogP contribution in [0.3, 0.4) is 0 Å². The van der Waals surface area contributed by atoms with E-state index in [1.807, 2.05) is 6.92 Å². The van der Waals surface area contributed by atoms with Crippen LogP contribution in [-0.4, -0.2) is 41.9 Å². The highest BCUT2D eigenvalue weighted by molar-refractivity contribution is 4.77. The van der Waals surface area contributed by atoms with Crippen molar-refractivity contribution in [1.29, 1.82) is 0 Å². The molecule has 1 heterocycles. The maximum absolute atomic E-state index is 12.4. The van der Waals surface area contributed by atoms with E-state index in [1.165, 1.54) is 0 Å². The van der Waals surface area contributed by atoms with Crippen LogP contribution in [0.15, 0.2) is 0 Å². The Morgan fingerprint density at radius 3 is 2.35 bits per heavy atom. The van der Waals surface area contributed by atoms with Crippen molar-refractivity contribution in [2.75, 3.05) is 19.6 Å². The Bertz CT molecular complexity index is 212. The lowest BCUT2D eigenvalue weighted by Gasteiger charge is -2.32. The normalized spacial score (nSPS) is 21.7. The number of nitrogens with zero attached hydrogens (tertiary/aromatic N) is 1. The Morgan fingerprint density at radius 1 is 1.29 bits per heavy atom. The van der Waals surface area contributed by atoms with Gasteiger partial charge in [0.2, 0.25) is 0 Å². The summed E-state index contributed by atoms with van der Waals surface area (Å²) in [7, 11) is 0. The number of alkyl halides is 3. The van der Waals surface area contributed by atoms with Gasteiger partial charge in [-0.15, -0.1) is 0 Å². The number of halogens is 3. The van der Waals surface area contributed by atoms with Gasteiger partial charge in [-0.3, -0.25) is 0 Å². The molecule has 0 aromatic rings. The topological polar surface area (TPSA) is 23.5 Å². The predicted molar refractivity (Wildman–Crippen MR) is 60.8 cm³/mol. The largest absolute Gasteiger partial charge is 0.393 e. The average molecular weight is 253 g/mol. The Kier molecular flexibility index (Phi) is 5.73. The van der Waals surface area contributed by atoms with Gasteiger partial charge in [0.15, 0.2) is 0 Å². The molecule has 1 unspecified atom stereocenters. The number of aliphatic hydroxyl groups is 1. The highest BCUT2D eigenvalue weighted by Gasteiger charge is 2.40. The summed E-state index contributed by atoms with van der Waals surface area (Å²) >= 11 is 0. The molecule has 1 atom stereocenters. The molecule has 102 valence electrons. The summed E-state index contributed by atoms with van der Waals surface area (Å²) in [6.07, 6.45) is -1.48. The summed E-state index contributed by atoms with van der Waals surface area (Å²) in [6.45, 7) is 3.81. The van der Waals surface area contributed by atoms with Gasteiger partial charge in [0.05, 0.1) is 12.0 Å². The van der Waals surface area contributed by atoms with Crippen molar-refractivity contribution in [3.05, 3.63) is 0 Å². The van der Waals surface area contributed by atoms with Crippen molar-refractivity contribution in [1.82, 2.24) is 4.90 Å². The van der Waals surface area contributed by atoms with Crippen LogP contribution in [0.1, 0.15) is 39.0 Å². The SMILES string of the molecule is CCC(O)CCCN1CCC(C(F)(F)F)CC1. The third-order valence-corrected chi connectivity index (χ3v) is 3.53. The van der Waals surface area contributed by atoms with Gasteiger partial charge in [-0.25, -0.2) is 0 Å². The molecule has 1 aliphatic rings. The molecule has 0 aliphatic carbocycles. The number of likely N-dealkylation sites (tertiary alicyclic amines) is 1. The number of rotatable bonds is 5. The second kappa shape index (κ2) is 6.59. The summed E-state index contributed by atoms with van der Waals surface area (Å²) in [5.74, 6) is -1.11. The van der Waals surface area contributed by atoms with E-state index in [0.29, 0.717) is 13.1 Å². The number of hydrogen-bond donors (Lipinski definition) is 1. The molecule has 2 nitrogen and oxygen atoms in total. The molecule has 1 rings (SSSR count). The van der Waals surface area contributed by atoms with E-state index in [-0.39, 0.29) is 18.9 Å².